The number of nitrogens with two attached hydrogens (primary N) is 1. The maximum absolute atomic E-state index is 12.0. The summed E-state index contributed by atoms with van der Waals surface area (Å²) in [6, 6.07) is 0.678. The summed E-state index contributed by atoms with van der Waals surface area (Å²) in [5.41, 5.74) is 5.65. The van der Waals surface area contributed by atoms with Crippen molar-refractivity contribution in [2.24, 2.45) is 17.6 Å². The first-order valence-electron chi connectivity index (χ1n) is 7.25. The second-order valence-electron chi connectivity index (χ2n) is 6.41. The monoisotopic (exact) mass is 252 g/mol. The molecule has 0 radical (unpaired) electrons. The highest BCUT2D eigenvalue weighted by atomic mass is 16.5. The molecule has 0 spiro atoms. The minimum absolute atomic E-state index is 0.216. The quantitative estimate of drug-likeness (QED) is 0.690. The van der Waals surface area contributed by atoms with E-state index in [-0.39, 0.29) is 5.97 Å². The summed E-state index contributed by atoms with van der Waals surface area (Å²) in [5.74, 6) is 0.976. The first kappa shape index (κ1) is 12.4. The number of hydrogen-bond donors (Lipinski definition) is 1. The molecule has 0 aromatic rings. The molecule has 3 saturated carbocycles. The molecule has 3 rings (SSSR count). The zero-order chi connectivity index (χ0) is 12.8. The lowest BCUT2D eigenvalue weighted by Gasteiger charge is -2.33. The van der Waals surface area contributed by atoms with Crippen LogP contribution in [0.2, 0.25) is 0 Å². The van der Waals surface area contributed by atoms with E-state index in [1.54, 1.807) is 0 Å². The third-order valence-electron chi connectivity index (χ3n) is 4.59. The van der Waals surface area contributed by atoms with Crippen molar-refractivity contribution >= 4 is 5.97 Å². The fraction of sp³-hybridized carbons (Fsp3) is 0.929. The van der Waals surface area contributed by atoms with Gasteiger partial charge in [-0.3, -0.25) is 9.69 Å². The molecule has 4 nitrogen and oxygen atoms in total. The Morgan fingerprint density at radius 2 is 1.94 bits per heavy atom. The van der Waals surface area contributed by atoms with Gasteiger partial charge in [-0.25, -0.2) is 0 Å². The number of nitrogens with zero attached hydrogens (tertiary/aromatic N) is 1. The number of carbonyl (C=O) groups is 1. The van der Waals surface area contributed by atoms with Crippen LogP contribution in [0, 0.1) is 11.8 Å². The second-order valence-corrected chi connectivity index (χ2v) is 6.41. The highest BCUT2D eigenvalue weighted by molar-refractivity contribution is 5.81. The van der Waals surface area contributed by atoms with Crippen LogP contribution in [0.1, 0.15) is 38.5 Å². The van der Waals surface area contributed by atoms with Crippen LogP contribution >= 0.6 is 0 Å². The Morgan fingerprint density at radius 1 is 1.28 bits per heavy atom. The lowest BCUT2D eigenvalue weighted by atomic mass is 9.93. The van der Waals surface area contributed by atoms with Crippen molar-refractivity contribution in [2.75, 3.05) is 20.2 Å². The molecule has 102 valence electrons. The molecule has 0 bridgehead atoms. The van der Waals surface area contributed by atoms with E-state index in [0.717, 1.165) is 25.3 Å². The van der Waals surface area contributed by atoms with Crippen LogP contribution in [-0.4, -0.2) is 42.6 Å². The number of ether oxygens (including phenoxy) is 1. The van der Waals surface area contributed by atoms with Crippen LogP contribution in [0.15, 0.2) is 0 Å². The molecule has 1 unspecified atom stereocenters. The Labute approximate surface area is 109 Å². The van der Waals surface area contributed by atoms with Gasteiger partial charge in [0, 0.05) is 19.1 Å². The Balaban J connectivity index is 1.67. The summed E-state index contributed by atoms with van der Waals surface area (Å²) in [7, 11) is 1.45. The van der Waals surface area contributed by atoms with Crippen LogP contribution in [0.3, 0.4) is 0 Å². The Bertz CT molecular complexity index is 335. The summed E-state index contributed by atoms with van der Waals surface area (Å²) in [6.45, 7) is 1.83. The van der Waals surface area contributed by atoms with Gasteiger partial charge in [0.05, 0.1) is 7.11 Å². The first-order valence-corrected chi connectivity index (χ1v) is 7.25. The highest BCUT2D eigenvalue weighted by Crippen LogP contribution is 2.42. The molecule has 0 aliphatic heterocycles. The molecule has 0 aromatic heterocycles. The van der Waals surface area contributed by atoms with Crippen molar-refractivity contribution in [3.8, 4) is 0 Å². The van der Waals surface area contributed by atoms with Crippen molar-refractivity contribution < 1.29 is 9.53 Å². The van der Waals surface area contributed by atoms with Crippen LogP contribution < -0.4 is 5.73 Å². The minimum atomic E-state index is -0.758. The van der Waals surface area contributed by atoms with Crippen molar-refractivity contribution in [2.45, 2.75) is 50.1 Å². The molecule has 18 heavy (non-hydrogen) atoms. The molecular formula is C14H24N2O2. The predicted octanol–water partition coefficient (Wildman–Crippen LogP) is 1.14. The molecule has 1 atom stereocenters. The number of esters is 1. The Morgan fingerprint density at radius 3 is 2.39 bits per heavy atom. The molecule has 3 fully saturated rings. The lowest BCUT2D eigenvalue weighted by Crippen LogP contribution is -2.59. The van der Waals surface area contributed by atoms with Gasteiger partial charge in [-0.15, -0.1) is 0 Å². The van der Waals surface area contributed by atoms with Crippen molar-refractivity contribution in [1.82, 2.24) is 4.90 Å². The topological polar surface area (TPSA) is 55.6 Å². The maximum atomic E-state index is 12.0. The van der Waals surface area contributed by atoms with E-state index in [9.17, 15) is 4.79 Å². The molecule has 0 amide bonds. The minimum Gasteiger partial charge on any atom is -0.468 e. The maximum Gasteiger partial charge on any atom is 0.327 e. The van der Waals surface area contributed by atoms with Crippen LogP contribution in [0.5, 0.6) is 0 Å². The van der Waals surface area contributed by atoms with Gasteiger partial charge in [-0.1, -0.05) is 0 Å². The number of rotatable bonds is 7. The smallest absolute Gasteiger partial charge is 0.327 e. The summed E-state index contributed by atoms with van der Waals surface area (Å²) in [6.07, 6.45) is 7.40. The lowest BCUT2D eigenvalue weighted by molar-refractivity contribution is -0.149. The summed E-state index contributed by atoms with van der Waals surface area (Å²) in [4.78, 5) is 14.5. The van der Waals surface area contributed by atoms with E-state index < -0.39 is 5.54 Å². The van der Waals surface area contributed by atoms with Gasteiger partial charge in [-0.2, -0.15) is 0 Å². The number of carbonyl (C=O) groups excluding carboxylic acids is 1. The van der Waals surface area contributed by atoms with Gasteiger partial charge >= 0.3 is 5.97 Å². The summed E-state index contributed by atoms with van der Waals surface area (Å²) in [5, 5.41) is 0. The van der Waals surface area contributed by atoms with Gasteiger partial charge in [0.25, 0.3) is 0 Å². The van der Waals surface area contributed by atoms with Gasteiger partial charge in [0.1, 0.15) is 5.54 Å². The van der Waals surface area contributed by atoms with Crippen LogP contribution in [0.25, 0.3) is 0 Å². The van der Waals surface area contributed by atoms with E-state index in [2.05, 4.69) is 4.90 Å². The van der Waals surface area contributed by atoms with Gasteiger partial charge in [-0.05, 0) is 50.4 Å². The molecule has 0 aromatic carbocycles. The van der Waals surface area contributed by atoms with E-state index in [1.807, 2.05) is 0 Å². The summed E-state index contributed by atoms with van der Waals surface area (Å²) < 4.78 is 4.95. The average Bonchev–Trinajstić information content (AvgIpc) is 3.15. The molecule has 2 N–H and O–H groups in total. The highest BCUT2D eigenvalue weighted by Gasteiger charge is 2.51. The van der Waals surface area contributed by atoms with E-state index >= 15 is 0 Å². The van der Waals surface area contributed by atoms with E-state index in [1.165, 1.54) is 32.8 Å². The third kappa shape index (κ3) is 2.54. The molecule has 0 saturated heterocycles. The third-order valence-corrected chi connectivity index (χ3v) is 4.59. The molecular weight excluding hydrogens is 228 g/mol. The van der Waals surface area contributed by atoms with Crippen molar-refractivity contribution in [3.63, 3.8) is 0 Å². The molecule has 0 heterocycles. The molecule has 3 aliphatic rings. The Hall–Kier alpha value is -0.610. The van der Waals surface area contributed by atoms with E-state index in [4.69, 9.17) is 10.5 Å². The normalized spacial score (nSPS) is 27.1. The fourth-order valence-corrected chi connectivity index (χ4v) is 2.90. The Kier molecular flexibility index (Phi) is 3.10. The second kappa shape index (κ2) is 4.49. The average molecular weight is 252 g/mol. The zero-order valence-corrected chi connectivity index (χ0v) is 11.2. The van der Waals surface area contributed by atoms with Gasteiger partial charge in [0.15, 0.2) is 0 Å². The van der Waals surface area contributed by atoms with Crippen LogP contribution in [-0.2, 0) is 9.53 Å². The molecule has 3 aliphatic carbocycles. The summed E-state index contributed by atoms with van der Waals surface area (Å²) >= 11 is 0. The van der Waals surface area contributed by atoms with Gasteiger partial charge in [0.2, 0.25) is 0 Å². The van der Waals surface area contributed by atoms with Gasteiger partial charge < -0.3 is 10.5 Å². The fourth-order valence-electron chi connectivity index (χ4n) is 2.90. The van der Waals surface area contributed by atoms with Crippen molar-refractivity contribution in [1.29, 1.82) is 0 Å². The largest absolute Gasteiger partial charge is 0.468 e. The number of hydrogen-bond acceptors (Lipinski definition) is 4. The molecule has 4 heteroatoms. The zero-order valence-electron chi connectivity index (χ0n) is 11.2. The van der Waals surface area contributed by atoms with E-state index in [0.29, 0.717) is 18.5 Å². The SMILES string of the molecule is COC(=O)C(N)(CN(CC1CC1)C1CC1)C1CC1. The predicted molar refractivity (Wildman–Crippen MR) is 69.0 cm³/mol. The first-order chi connectivity index (χ1) is 8.63. The van der Waals surface area contributed by atoms with Crippen molar-refractivity contribution in [3.05, 3.63) is 0 Å². The number of methoxy groups -OCH3 is 1. The standard InChI is InChI=1S/C14H24N2O2/c1-18-13(17)14(15,11-4-5-11)9-16(12-6-7-12)8-10-2-3-10/h10-12H,2-9,15H2,1H3. The van der Waals surface area contributed by atoms with Crippen LogP contribution in [0.4, 0.5) is 0 Å².